The number of nitrogens with two attached hydrogens (primary N) is 1. The quantitative estimate of drug-likeness (QED) is 0.290. The molecule has 2 amide bonds. The minimum absolute atomic E-state index is 0.283. The third kappa shape index (κ3) is 5.02. The minimum Gasteiger partial charge on any atom is -0.496 e. The van der Waals surface area contributed by atoms with Gasteiger partial charge in [-0.25, -0.2) is 4.79 Å². The summed E-state index contributed by atoms with van der Waals surface area (Å²) in [5.41, 5.74) is 8.44. The van der Waals surface area contributed by atoms with Gasteiger partial charge in [-0.15, -0.1) is 11.3 Å². The summed E-state index contributed by atoms with van der Waals surface area (Å²) in [5, 5.41) is 3.09. The van der Waals surface area contributed by atoms with Crippen LogP contribution in [-0.4, -0.2) is 31.5 Å². The van der Waals surface area contributed by atoms with Gasteiger partial charge < -0.3 is 20.5 Å². The van der Waals surface area contributed by atoms with E-state index in [1.807, 2.05) is 36.4 Å². The van der Waals surface area contributed by atoms with Crippen LogP contribution in [0.25, 0.3) is 11.6 Å². The Hall–Kier alpha value is -3.91. The number of rotatable bonds is 8. The first-order chi connectivity index (χ1) is 16.5. The third-order valence-electron chi connectivity index (χ3n) is 5.50. The highest BCUT2D eigenvalue weighted by Gasteiger charge is 2.26. The molecule has 0 atom stereocenters. The van der Waals surface area contributed by atoms with E-state index >= 15 is 0 Å². The van der Waals surface area contributed by atoms with Crippen molar-refractivity contribution < 1.29 is 23.9 Å². The van der Waals surface area contributed by atoms with Crippen molar-refractivity contribution in [1.82, 2.24) is 0 Å². The second-order valence-corrected chi connectivity index (χ2v) is 8.82. The fourth-order valence-corrected chi connectivity index (χ4v) is 5.25. The summed E-state index contributed by atoms with van der Waals surface area (Å²) in [4.78, 5) is 38.6. The number of carbonyl (C=O) groups excluding carboxylic acids is 3. The first-order valence-electron chi connectivity index (χ1n) is 10.8. The van der Waals surface area contributed by atoms with E-state index in [2.05, 4.69) is 5.32 Å². The number of nitrogens with one attached hydrogen (secondary N) is 1. The second kappa shape index (κ2) is 10.4. The fourth-order valence-electron chi connectivity index (χ4n) is 3.94. The van der Waals surface area contributed by atoms with Crippen molar-refractivity contribution >= 4 is 45.8 Å². The number of primary amides is 1. The predicted molar refractivity (Wildman–Crippen MR) is 132 cm³/mol. The molecule has 0 radical (unpaired) electrons. The molecular formula is C26H24N2O5S. The van der Waals surface area contributed by atoms with E-state index in [9.17, 15) is 14.4 Å². The molecule has 0 fully saturated rings. The number of hydrogen-bond acceptors (Lipinski definition) is 6. The molecule has 8 heteroatoms. The highest BCUT2D eigenvalue weighted by atomic mass is 32.1. The molecule has 1 aliphatic rings. The number of benzene rings is 2. The first kappa shape index (κ1) is 23.3. The van der Waals surface area contributed by atoms with E-state index in [1.165, 1.54) is 11.3 Å². The smallest absolute Gasteiger partial charge is 0.339 e. The van der Waals surface area contributed by atoms with E-state index in [0.29, 0.717) is 27.4 Å². The van der Waals surface area contributed by atoms with Crippen molar-refractivity contribution in [1.29, 1.82) is 0 Å². The van der Waals surface area contributed by atoms with Gasteiger partial charge >= 0.3 is 5.97 Å². The highest BCUT2D eigenvalue weighted by molar-refractivity contribution is 7.17. The molecule has 7 nitrogen and oxygen atoms in total. The maximum atomic E-state index is 13.0. The Morgan fingerprint density at radius 1 is 1.06 bits per heavy atom. The van der Waals surface area contributed by atoms with Crippen LogP contribution in [0.4, 0.5) is 5.00 Å². The van der Waals surface area contributed by atoms with Gasteiger partial charge in [0.1, 0.15) is 10.8 Å². The molecule has 0 unspecified atom stereocenters. The first-order valence-corrected chi connectivity index (χ1v) is 11.6. The average molecular weight is 477 g/mol. The van der Waals surface area contributed by atoms with Crippen molar-refractivity contribution in [3.05, 3.63) is 81.7 Å². The van der Waals surface area contributed by atoms with Gasteiger partial charge in [0.25, 0.3) is 11.8 Å². The average Bonchev–Trinajstić information content (AvgIpc) is 3.42. The molecule has 0 saturated heterocycles. The van der Waals surface area contributed by atoms with Crippen molar-refractivity contribution in [2.24, 2.45) is 5.73 Å². The molecule has 34 heavy (non-hydrogen) atoms. The van der Waals surface area contributed by atoms with Gasteiger partial charge in [0.05, 0.1) is 18.2 Å². The molecule has 3 N–H and O–H groups in total. The van der Waals surface area contributed by atoms with Crippen LogP contribution in [0, 0.1) is 0 Å². The Balaban J connectivity index is 1.51. The van der Waals surface area contributed by atoms with Crippen LogP contribution in [0.1, 0.15) is 38.3 Å². The zero-order valence-corrected chi connectivity index (χ0v) is 19.4. The summed E-state index contributed by atoms with van der Waals surface area (Å²) in [6.07, 6.45) is 4.26. The van der Waals surface area contributed by atoms with Crippen LogP contribution in [0.5, 0.6) is 5.75 Å². The lowest BCUT2D eigenvalue weighted by Crippen LogP contribution is -2.23. The molecule has 3 aromatic rings. The van der Waals surface area contributed by atoms with Crippen molar-refractivity contribution in [2.75, 3.05) is 19.0 Å². The second-order valence-electron chi connectivity index (χ2n) is 7.72. The summed E-state index contributed by atoms with van der Waals surface area (Å²) in [7, 11) is 1.55. The Morgan fingerprint density at radius 3 is 2.53 bits per heavy atom. The van der Waals surface area contributed by atoms with E-state index in [4.69, 9.17) is 15.2 Å². The molecule has 1 heterocycles. The highest BCUT2D eigenvalue weighted by Crippen LogP contribution is 2.38. The largest absolute Gasteiger partial charge is 0.496 e. The standard InChI is InChI=1S/C26H24N2O5S/c1-32-20-12-6-5-10-17(20)14-19(16-8-3-2-4-9-16)26(31)33-15-22(29)28-25-23(24(27)30)18-11-7-13-21(18)34-25/h2-6,8-10,12,14H,7,11,13,15H2,1H3,(H2,27,30)(H,28,29). The molecular weight excluding hydrogens is 452 g/mol. The number of aryl methyl sites for hydroxylation is 1. The van der Waals surface area contributed by atoms with Crippen LogP contribution < -0.4 is 15.8 Å². The summed E-state index contributed by atoms with van der Waals surface area (Å²) in [6.45, 7) is -0.504. The molecule has 0 saturated carbocycles. The van der Waals surface area contributed by atoms with Crippen LogP contribution in [-0.2, 0) is 27.2 Å². The van der Waals surface area contributed by atoms with Crippen LogP contribution in [0.15, 0.2) is 54.6 Å². The SMILES string of the molecule is COc1ccccc1C=C(C(=O)OCC(=O)Nc1sc2c(c1C(N)=O)CCC2)c1ccccc1. The Kier molecular flexibility index (Phi) is 7.08. The molecule has 0 spiro atoms. The van der Waals surface area contributed by atoms with Gasteiger partial charge in [-0.05, 0) is 42.5 Å². The maximum absolute atomic E-state index is 13.0. The lowest BCUT2D eigenvalue weighted by Gasteiger charge is -2.11. The van der Waals surface area contributed by atoms with Gasteiger partial charge in [0, 0.05) is 10.4 Å². The number of ether oxygens (including phenoxy) is 2. The van der Waals surface area contributed by atoms with Crippen LogP contribution in [0.2, 0.25) is 0 Å². The maximum Gasteiger partial charge on any atom is 0.339 e. The summed E-state index contributed by atoms with van der Waals surface area (Å²) >= 11 is 1.35. The summed E-state index contributed by atoms with van der Waals surface area (Å²) in [6, 6.07) is 16.3. The number of carbonyl (C=O) groups is 3. The van der Waals surface area contributed by atoms with Crippen molar-refractivity contribution in [2.45, 2.75) is 19.3 Å². The van der Waals surface area contributed by atoms with Gasteiger partial charge in [-0.2, -0.15) is 0 Å². The number of esters is 1. The fraction of sp³-hybridized carbons (Fsp3) is 0.192. The lowest BCUT2D eigenvalue weighted by atomic mass is 10.0. The summed E-state index contributed by atoms with van der Waals surface area (Å²) in [5.74, 6) is -1.17. The van der Waals surface area contributed by atoms with Gasteiger partial charge in [-0.3, -0.25) is 9.59 Å². The number of hydrogen-bond donors (Lipinski definition) is 2. The number of para-hydroxylation sites is 1. The van der Waals surface area contributed by atoms with Gasteiger partial charge in [0.15, 0.2) is 6.61 Å². The predicted octanol–water partition coefficient (Wildman–Crippen LogP) is 4.07. The number of thiophene rings is 1. The van der Waals surface area contributed by atoms with E-state index in [-0.39, 0.29) is 5.57 Å². The normalized spacial score (nSPS) is 12.7. The van der Waals surface area contributed by atoms with Crippen molar-refractivity contribution in [3.8, 4) is 5.75 Å². The molecule has 1 aliphatic carbocycles. The number of anilines is 1. The van der Waals surface area contributed by atoms with Gasteiger partial charge in [0.2, 0.25) is 0 Å². The zero-order valence-electron chi connectivity index (χ0n) is 18.6. The van der Waals surface area contributed by atoms with Crippen molar-refractivity contribution in [3.63, 3.8) is 0 Å². The molecule has 1 aromatic heterocycles. The number of methoxy groups -OCH3 is 1. The van der Waals surface area contributed by atoms with E-state index < -0.39 is 24.4 Å². The van der Waals surface area contributed by atoms with Crippen LogP contribution in [0.3, 0.4) is 0 Å². The third-order valence-corrected chi connectivity index (χ3v) is 6.71. The number of amides is 2. The van der Waals surface area contributed by atoms with E-state index in [0.717, 1.165) is 29.7 Å². The Bertz CT molecular complexity index is 1260. The summed E-state index contributed by atoms with van der Waals surface area (Å²) < 4.78 is 10.7. The molecule has 174 valence electrons. The topological polar surface area (TPSA) is 108 Å². The minimum atomic E-state index is -0.656. The Morgan fingerprint density at radius 2 is 1.79 bits per heavy atom. The Labute approximate surface area is 201 Å². The molecule has 0 bridgehead atoms. The zero-order chi connectivity index (χ0) is 24.1. The number of fused-ring (bicyclic) bond motifs is 1. The molecule has 2 aromatic carbocycles. The monoisotopic (exact) mass is 476 g/mol. The molecule has 0 aliphatic heterocycles. The van der Waals surface area contributed by atoms with E-state index in [1.54, 1.807) is 31.4 Å². The van der Waals surface area contributed by atoms with Crippen LogP contribution >= 0.6 is 11.3 Å². The van der Waals surface area contributed by atoms with Gasteiger partial charge in [-0.1, -0.05) is 48.5 Å². The lowest BCUT2D eigenvalue weighted by molar-refractivity contribution is -0.141. The molecule has 4 rings (SSSR count).